The van der Waals surface area contributed by atoms with E-state index in [0.717, 1.165) is 0 Å². The molecule has 3 N–H and O–H groups in total. The Hall–Kier alpha value is -1.14. The van der Waals surface area contributed by atoms with Gasteiger partial charge >= 0.3 is 11.9 Å². The summed E-state index contributed by atoms with van der Waals surface area (Å²) in [6.07, 6.45) is 0.109. The number of carboxylic acid groups (broad SMARTS) is 2. The Morgan fingerprint density at radius 3 is 2.18 bits per heavy atom. The first kappa shape index (κ1) is 15.9. The molecule has 0 bridgehead atoms. The molecule has 0 heterocycles. The summed E-state index contributed by atoms with van der Waals surface area (Å²) in [6.45, 7) is 3.95. The second-order valence-electron chi connectivity index (χ2n) is 3.86. The van der Waals surface area contributed by atoms with Crippen LogP contribution in [-0.2, 0) is 9.59 Å². The maximum Gasteiger partial charge on any atom is 0.320 e. The van der Waals surface area contributed by atoms with Gasteiger partial charge in [-0.25, -0.2) is 0 Å². The second-order valence-corrected chi connectivity index (χ2v) is 3.86. The van der Waals surface area contributed by atoms with Crippen molar-refractivity contribution in [3.05, 3.63) is 0 Å². The Kier molecular flexibility index (Phi) is 7.49. The molecule has 6 heteroatoms. The Labute approximate surface area is 101 Å². The van der Waals surface area contributed by atoms with Crippen LogP contribution in [-0.4, -0.2) is 51.0 Å². The van der Waals surface area contributed by atoms with Gasteiger partial charge < -0.3 is 15.3 Å². The summed E-state index contributed by atoms with van der Waals surface area (Å²) >= 11 is 0. The van der Waals surface area contributed by atoms with E-state index in [1.54, 1.807) is 13.8 Å². The van der Waals surface area contributed by atoms with Gasteiger partial charge in [-0.3, -0.25) is 14.5 Å². The van der Waals surface area contributed by atoms with Crippen LogP contribution in [0.15, 0.2) is 0 Å². The summed E-state index contributed by atoms with van der Waals surface area (Å²) in [5.74, 6) is -1.96. The molecule has 0 aliphatic rings. The van der Waals surface area contributed by atoms with Crippen molar-refractivity contribution in [1.82, 2.24) is 4.90 Å². The molecule has 0 fully saturated rings. The molecule has 0 aliphatic carbocycles. The first-order valence-corrected chi connectivity index (χ1v) is 5.82. The highest BCUT2D eigenvalue weighted by molar-refractivity contribution is 5.73. The maximum atomic E-state index is 11.1. The Balaban J connectivity index is 4.47. The van der Waals surface area contributed by atoms with E-state index in [1.165, 1.54) is 4.90 Å². The fourth-order valence-corrected chi connectivity index (χ4v) is 1.75. The van der Waals surface area contributed by atoms with E-state index < -0.39 is 24.2 Å². The highest BCUT2D eigenvalue weighted by Crippen LogP contribution is 2.13. The smallest absolute Gasteiger partial charge is 0.320 e. The van der Waals surface area contributed by atoms with Crippen LogP contribution in [0.1, 0.15) is 39.5 Å². The minimum atomic E-state index is -1.02. The second kappa shape index (κ2) is 8.03. The fourth-order valence-electron chi connectivity index (χ4n) is 1.75. The average molecular weight is 247 g/mol. The molecular formula is C11H21NO5. The van der Waals surface area contributed by atoms with Crippen molar-refractivity contribution in [2.75, 3.05) is 6.54 Å². The molecule has 0 aliphatic heterocycles. The number of aliphatic carboxylic acids is 2. The number of carboxylic acids is 2. The monoisotopic (exact) mass is 247 g/mol. The van der Waals surface area contributed by atoms with Gasteiger partial charge in [-0.2, -0.15) is 0 Å². The normalized spacial score (nSPS) is 14.6. The third-order valence-electron chi connectivity index (χ3n) is 2.67. The molecule has 0 aromatic heterocycles. The summed E-state index contributed by atoms with van der Waals surface area (Å²) in [6, 6.07) is -0.825. The van der Waals surface area contributed by atoms with Crippen LogP contribution in [0, 0.1) is 0 Å². The summed E-state index contributed by atoms with van der Waals surface area (Å²) in [5.41, 5.74) is 0. The number of rotatable bonds is 9. The Morgan fingerprint density at radius 1 is 1.24 bits per heavy atom. The predicted octanol–water partition coefficient (Wildman–Crippen LogP) is 0.745. The minimum absolute atomic E-state index is 0.0520. The van der Waals surface area contributed by atoms with Crippen molar-refractivity contribution in [3.63, 3.8) is 0 Å². The van der Waals surface area contributed by atoms with Gasteiger partial charge in [0.25, 0.3) is 0 Å². The molecule has 0 aromatic carbocycles. The highest BCUT2D eigenvalue weighted by atomic mass is 16.4. The van der Waals surface area contributed by atoms with Crippen molar-refractivity contribution in [1.29, 1.82) is 0 Å². The van der Waals surface area contributed by atoms with Crippen LogP contribution < -0.4 is 0 Å². The van der Waals surface area contributed by atoms with Gasteiger partial charge in [0.2, 0.25) is 0 Å². The minimum Gasteiger partial charge on any atom is -0.481 e. The molecule has 6 nitrogen and oxygen atoms in total. The third kappa shape index (κ3) is 5.65. The van der Waals surface area contributed by atoms with E-state index >= 15 is 0 Å². The van der Waals surface area contributed by atoms with E-state index in [1.807, 2.05) is 0 Å². The van der Waals surface area contributed by atoms with Gasteiger partial charge in [0.05, 0.1) is 0 Å². The Bertz CT molecular complexity index is 256. The quantitative estimate of drug-likeness (QED) is 0.520. The largest absolute Gasteiger partial charge is 0.481 e. The average Bonchev–Trinajstić information content (AvgIpc) is 2.26. The van der Waals surface area contributed by atoms with Crippen LogP contribution in [0.2, 0.25) is 0 Å². The molecule has 0 radical (unpaired) electrons. The molecule has 0 saturated heterocycles. The van der Waals surface area contributed by atoms with Crippen molar-refractivity contribution in [3.8, 4) is 0 Å². The number of aliphatic hydroxyl groups is 1. The van der Waals surface area contributed by atoms with Gasteiger partial charge in [0.1, 0.15) is 12.3 Å². The van der Waals surface area contributed by atoms with Gasteiger partial charge in [0.15, 0.2) is 0 Å². The third-order valence-corrected chi connectivity index (χ3v) is 2.67. The van der Waals surface area contributed by atoms with E-state index in [2.05, 4.69) is 0 Å². The van der Waals surface area contributed by atoms with Crippen LogP contribution in [0.4, 0.5) is 0 Å². The van der Waals surface area contributed by atoms with Crippen LogP contribution in [0.5, 0.6) is 0 Å². The lowest BCUT2D eigenvalue weighted by Crippen LogP contribution is -2.47. The molecule has 0 saturated carbocycles. The molecule has 2 unspecified atom stereocenters. The number of nitrogens with zero attached hydrogens (tertiary/aromatic N) is 1. The zero-order valence-electron chi connectivity index (χ0n) is 10.3. The lowest BCUT2D eigenvalue weighted by atomic mass is 10.1. The summed E-state index contributed by atoms with van der Waals surface area (Å²) in [7, 11) is 0. The number of aliphatic hydroxyl groups excluding tert-OH is 1. The van der Waals surface area contributed by atoms with Crippen molar-refractivity contribution < 1.29 is 24.9 Å². The summed E-state index contributed by atoms with van der Waals surface area (Å²) < 4.78 is 0. The molecular weight excluding hydrogens is 226 g/mol. The first-order valence-electron chi connectivity index (χ1n) is 5.82. The SMILES string of the molecule is CCC(O)N(CC)C(CCCC(=O)O)C(=O)O. The van der Waals surface area contributed by atoms with Gasteiger partial charge in [-0.1, -0.05) is 13.8 Å². The lowest BCUT2D eigenvalue weighted by Gasteiger charge is -2.31. The standard InChI is InChI=1S/C11H21NO5/c1-3-9(13)12(4-2)8(11(16)17)6-5-7-10(14)15/h8-9,13H,3-7H2,1-2H3,(H,14,15)(H,16,17). The topological polar surface area (TPSA) is 98.1 Å². The van der Waals surface area contributed by atoms with Crippen molar-refractivity contribution in [2.45, 2.75) is 51.8 Å². The molecule has 0 spiro atoms. The van der Waals surface area contributed by atoms with E-state index in [0.29, 0.717) is 19.4 Å². The van der Waals surface area contributed by atoms with E-state index in [9.17, 15) is 14.7 Å². The molecule has 0 rings (SSSR count). The Morgan fingerprint density at radius 2 is 1.82 bits per heavy atom. The molecule has 100 valence electrons. The zero-order chi connectivity index (χ0) is 13.4. The molecule has 0 amide bonds. The highest BCUT2D eigenvalue weighted by Gasteiger charge is 2.28. The van der Waals surface area contributed by atoms with Gasteiger partial charge in [-0.05, 0) is 25.8 Å². The van der Waals surface area contributed by atoms with Crippen molar-refractivity contribution >= 4 is 11.9 Å². The molecule has 2 atom stereocenters. The molecule has 0 aromatic rings. The lowest BCUT2D eigenvalue weighted by molar-refractivity contribution is -0.149. The zero-order valence-corrected chi connectivity index (χ0v) is 10.3. The number of carbonyl (C=O) groups is 2. The molecule has 17 heavy (non-hydrogen) atoms. The van der Waals surface area contributed by atoms with Gasteiger partial charge in [-0.15, -0.1) is 0 Å². The first-order chi connectivity index (χ1) is 7.93. The van der Waals surface area contributed by atoms with E-state index in [4.69, 9.17) is 10.2 Å². The summed E-state index contributed by atoms with van der Waals surface area (Å²) in [5, 5.41) is 27.3. The summed E-state index contributed by atoms with van der Waals surface area (Å²) in [4.78, 5) is 22.9. The number of likely N-dealkylation sites (N-methyl/N-ethyl adjacent to an activating group) is 1. The van der Waals surface area contributed by atoms with Crippen LogP contribution in [0.25, 0.3) is 0 Å². The van der Waals surface area contributed by atoms with Crippen LogP contribution in [0.3, 0.4) is 0 Å². The predicted molar refractivity (Wildman–Crippen MR) is 61.6 cm³/mol. The van der Waals surface area contributed by atoms with Gasteiger partial charge in [0, 0.05) is 6.42 Å². The van der Waals surface area contributed by atoms with Crippen LogP contribution >= 0.6 is 0 Å². The number of hydrogen-bond donors (Lipinski definition) is 3. The fraction of sp³-hybridized carbons (Fsp3) is 0.818. The number of hydrogen-bond acceptors (Lipinski definition) is 4. The maximum absolute atomic E-state index is 11.1. The van der Waals surface area contributed by atoms with Crippen molar-refractivity contribution in [2.24, 2.45) is 0 Å². The van der Waals surface area contributed by atoms with E-state index in [-0.39, 0.29) is 12.8 Å².